The van der Waals surface area contributed by atoms with Gasteiger partial charge >= 0.3 is 0 Å². The number of para-hydroxylation sites is 1. The molecule has 1 aromatic carbocycles. The summed E-state index contributed by atoms with van der Waals surface area (Å²) >= 11 is 0. The van der Waals surface area contributed by atoms with Crippen LogP contribution >= 0.6 is 0 Å². The largest absolute Gasteiger partial charge is 0.442 e. The summed E-state index contributed by atoms with van der Waals surface area (Å²) in [6.07, 6.45) is 6.01. The lowest BCUT2D eigenvalue weighted by Crippen LogP contribution is -2.40. The number of hydrogen-bond acceptors (Lipinski definition) is 3. The third-order valence-corrected chi connectivity index (χ3v) is 4.93. The van der Waals surface area contributed by atoms with Gasteiger partial charge in [0.1, 0.15) is 5.75 Å². The van der Waals surface area contributed by atoms with Gasteiger partial charge in [-0.15, -0.1) is 0 Å². The molecule has 0 saturated carbocycles. The average molecular weight is 286 g/mol. The number of fused-ring (bicyclic) bond motifs is 1. The van der Waals surface area contributed by atoms with E-state index in [1.54, 1.807) is 0 Å². The van der Waals surface area contributed by atoms with Gasteiger partial charge in [-0.3, -0.25) is 4.90 Å². The number of benzene rings is 1. The third-order valence-electron chi connectivity index (χ3n) is 4.93. The van der Waals surface area contributed by atoms with Crippen LogP contribution in [0.25, 0.3) is 0 Å². The van der Waals surface area contributed by atoms with E-state index < -0.39 is 0 Å². The minimum Gasteiger partial charge on any atom is -0.442 e. The standard InChI is InChI=1S/C18H26N2O/c1-3-18(4-2)15-10-6-7-11-16(15)21-17(19-18)14-20-12-8-5-9-13-20/h6-7,10-11H,3-5,8-9,12-14H2,1-2H3. The normalized spacial score (nSPS) is 21.3. The molecule has 0 aromatic heterocycles. The van der Waals surface area contributed by atoms with E-state index in [0.717, 1.165) is 31.0 Å². The van der Waals surface area contributed by atoms with Gasteiger partial charge in [-0.05, 0) is 44.8 Å². The maximum Gasteiger partial charge on any atom is 0.205 e. The molecule has 21 heavy (non-hydrogen) atoms. The molecule has 2 aliphatic heterocycles. The molecule has 0 amide bonds. The van der Waals surface area contributed by atoms with E-state index in [0.29, 0.717) is 0 Å². The van der Waals surface area contributed by atoms with Gasteiger partial charge < -0.3 is 4.74 Å². The lowest BCUT2D eigenvalue weighted by Gasteiger charge is -2.36. The minimum atomic E-state index is -0.0973. The van der Waals surface area contributed by atoms with Gasteiger partial charge in [0, 0.05) is 5.56 Å². The van der Waals surface area contributed by atoms with Crippen molar-refractivity contribution in [3.05, 3.63) is 29.8 Å². The fourth-order valence-corrected chi connectivity index (χ4v) is 3.55. The molecule has 0 radical (unpaired) electrons. The van der Waals surface area contributed by atoms with Crippen LogP contribution in [0.2, 0.25) is 0 Å². The molecule has 1 fully saturated rings. The van der Waals surface area contributed by atoms with Gasteiger partial charge in [0.25, 0.3) is 0 Å². The van der Waals surface area contributed by atoms with Crippen molar-refractivity contribution in [2.24, 2.45) is 4.99 Å². The van der Waals surface area contributed by atoms with Crippen molar-refractivity contribution in [3.8, 4) is 5.75 Å². The molecule has 114 valence electrons. The summed E-state index contributed by atoms with van der Waals surface area (Å²) in [5.41, 5.74) is 1.15. The van der Waals surface area contributed by atoms with Crippen LogP contribution in [0.3, 0.4) is 0 Å². The first kappa shape index (κ1) is 14.6. The maximum atomic E-state index is 6.10. The zero-order valence-electron chi connectivity index (χ0n) is 13.3. The van der Waals surface area contributed by atoms with Crippen molar-refractivity contribution in [1.82, 2.24) is 4.90 Å². The molecular formula is C18H26N2O. The summed E-state index contributed by atoms with van der Waals surface area (Å²) in [4.78, 5) is 7.52. The van der Waals surface area contributed by atoms with Crippen molar-refractivity contribution in [1.29, 1.82) is 0 Å². The number of aliphatic imine (C=N–C) groups is 1. The highest BCUT2D eigenvalue weighted by Crippen LogP contribution is 2.41. The van der Waals surface area contributed by atoms with E-state index in [-0.39, 0.29) is 5.54 Å². The number of rotatable bonds is 4. The summed E-state index contributed by atoms with van der Waals surface area (Å²) in [7, 11) is 0. The first-order valence-electron chi connectivity index (χ1n) is 8.36. The molecule has 0 spiro atoms. The van der Waals surface area contributed by atoms with E-state index in [1.807, 2.05) is 0 Å². The lowest BCUT2D eigenvalue weighted by molar-refractivity contribution is 0.243. The van der Waals surface area contributed by atoms with Crippen molar-refractivity contribution in [2.45, 2.75) is 51.5 Å². The Morgan fingerprint density at radius 3 is 2.52 bits per heavy atom. The van der Waals surface area contributed by atoms with Gasteiger partial charge in [0.2, 0.25) is 5.90 Å². The van der Waals surface area contributed by atoms with E-state index in [4.69, 9.17) is 9.73 Å². The number of piperidine rings is 1. The molecule has 0 atom stereocenters. The molecule has 0 aliphatic carbocycles. The van der Waals surface area contributed by atoms with Gasteiger partial charge in [0.15, 0.2) is 0 Å². The fraction of sp³-hybridized carbons (Fsp3) is 0.611. The van der Waals surface area contributed by atoms with Crippen LogP contribution in [-0.4, -0.2) is 30.4 Å². The highest BCUT2D eigenvalue weighted by molar-refractivity contribution is 5.83. The molecule has 0 N–H and O–H groups in total. The molecule has 3 rings (SSSR count). The average Bonchev–Trinajstić information content (AvgIpc) is 2.55. The second kappa shape index (κ2) is 6.18. The minimum absolute atomic E-state index is 0.0973. The molecule has 1 saturated heterocycles. The summed E-state index contributed by atoms with van der Waals surface area (Å²) in [6.45, 7) is 7.67. The van der Waals surface area contributed by atoms with E-state index in [2.05, 4.69) is 43.0 Å². The van der Waals surface area contributed by atoms with Crippen LogP contribution in [-0.2, 0) is 5.54 Å². The van der Waals surface area contributed by atoms with Crippen LogP contribution < -0.4 is 4.74 Å². The van der Waals surface area contributed by atoms with Crippen molar-refractivity contribution in [2.75, 3.05) is 19.6 Å². The van der Waals surface area contributed by atoms with Crippen molar-refractivity contribution >= 4 is 5.90 Å². The predicted molar refractivity (Wildman–Crippen MR) is 87.1 cm³/mol. The van der Waals surface area contributed by atoms with Crippen molar-refractivity contribution < 1.29 is 4.74 Å². The van der Waals surface area contributed by atoms with E-state index in [1.165, 1.54) is 37.9 Å². The Morgan fingerprint density at radius 2 is 1.81 bits per heavy atom. The molecular weight excluding hydrogens is 260 g/mol. The Balaban J connectivity index is 1.87. The highest BCUT2D eigenvalue weighted by Gasteiger charge is 2.35. The topological polar surface area (TPSA) is 24.8 Å². The predicted octanol–water partition coefficient (Wildman–Crippen LogP) is 3.98. The molecule has 1 aromatic rings. The second-order valence-corrected chi connectivity index (χ2v) is 6.18. The molecule has 3 heteroatoms. The maximum absolute atomic E-state index is 6.10. The van der Waals surface area contributed by atoms with Crippen LogP contribution in [0.1, 0.15) is 51.5 Å². The first-order valence-corrected chi connectivity index (χ1v) is 8.36. The van der Waals surface area contributed by atoms with E-state index >= 15 is 0 Å². The van der Waals surface area contributed by atoms with Crippen LogP contribution in [0.5, 0.6) is 5.75 Å². The molecule has 2 aliphatic rings. The lowest BCUT2D eigenvalue weighted by atomic mass is 9.84. The Hall–Kier alpha value is -1.35. The molecule has 3 nitrogen and oxygen atoms in total. The number of ether oxygens (including phenoxy) is 1. The highest BCUT2D eigenvalue weighted by atomic mass is 16.5. The summed E-state index contributed by atoms with van der Waals surface area (Å²) in [6, 6.07) is 8.40. The van der Waals surface area contributed by atoms with Crippen molar-refractivity contribution in [3.63, 3.8) is 0 Å². The van der Waals surface area contributed by atoms with Gasteiger partial charge in [-0.25, -0.2) is 4.99 Å². The Kier molecular flexibility index (Phi) is 4.29. The van der Waals surface area contributed by atoms with Crippen LogP contribution in [0, 0.1) is 0 Å². The summed E-state index contributed by atoms with van der Waals surface area (Å²) in [5.74, 6) is 1.91. The Labute approximate surface area is 128 Å². The quantitative estimate of drug-likeness (QED) is 0.836. The van der Waals surface area contributed by atoms with E-state index in [9.17, 15) is 0 Å². The van der Waals surface area contributed by atoms with Crippen LogP contribution in [0.4, 0.5) is 0 Å². The number of nitrogens with zero attached hydrogens (tertiary/aromatic N) is 2. The molecule has 2 heterocycles. The number of hydrogen-bond donors (Lipinski definition) is 0. The first-order chi connectivity index (χ1) is 10.3. The fourth-order valence-electron chi connectivity index (χ4n) is 3.55. The smallest absolute Gasteiger partial charge is 0.205 e. The van der Waals surface area contributed by atoms with Gasteiger partial charge in [0.05, 0.1) is 12.1 Å². The zero-order valence-corrected chi connectivity index (χ0v) is 13.3. The van der Waals surface area contributed by atoms with Gasteiger partial charge in [-0.2, -0.15) is 0 Å². The van der Waals surface area contributed by atoms with Crippen LogP contribution in [0.15, 0.2) is 29.3 Å². The third kappa shape index (κ3) is 2.84. The number of likely N-dealkylation sites (tertiary alicyclic amines) is 1. The zero-order chi connectivity index (χ0) is 14.7. The summed E-state index contributed by atoms with van der Waals surface area (Å²) in [5, 5.41) is 0. The Bertz CT molecular complexity index is 514. The second-order valence-electron chi connectivity index (χ2n) is 6.18. The Morgan fingerprint density at radius 1 is 1.10 bits per heavy atom. The SMILES string of the molecule is CCC1(CC)N=C(CN2CCCCC2)Oc2ccccc21. The monoisotopic (exact) mass is 286 g/mol. The summed E-state index contributed by atoms with van der Waals surface area (Å²) < 4.78 is 6.10. The molecule has 0 bridgehead atoms. The molecule has 0 unspecified atom stereocenters. The van der Waals surface area contributed by atoms with Gasteiger partial charge in [-0.1, -0.05) is 38.5 Å².